The summed E-state index contributed by atoms with van der Waals surface area (Å²) in [4.78, 5) is 18.3. The molecule has 0 atom stereocenters. The minimum atomic E-state index is -4.14. The van der Waals surface area contributed by atoms with Crippen molar-refractivity contribution >= 4 is 21.2 Å². The predicted octanol–water partition coefficient (Wildman–Crippen LogP) is 1.15. The summed E-state index contributed by atoms with van der Waals surface area (Å²) in [7, 11) is -4.14. The molecule has 0 amide bonds. The summed E-state index contributed by atoms with van der Waals surface area (Å²) in [6.45, 7) is 1.99. The smallest absolute Gasteiger partial charge is 0.270 e. The summed E-state index contributed by atoms with van der Waals surface area (Å²) in [5.74, 6) is -0.0144. The van der Waals surface area contributed by atoms with E-state index in [9.17, 15) is 8.42 Å². The van der Waals surface area contributed by atoms with E-state index in [0.717, 1.165) is 5.56 Å². The molecule has 2 aromatic rings. The second-order valence-corrected chi connectivity index (χ2v) is 5.73. The Morgan fingerprint density at radius 2 is 2.05 bits per heavy atom. The molecule has 3 rings (SSSR count). The molecule has 0 radical (unpaired) electrons. The van der Waals surface area contributed by atoms with E-state index >= 15 is 0 Å². The Hall–Kier alpha value is -1.77. The Morgan fingerprint density at radius 3 is 2.79 bits per heavy atom. The minimum absolute atomic E-state index is 0.217. The molecule has 0 spiro atoms. The summed E-state index contributed by atoms with van der Waals surface area (Å²) in [6, 6.07) is 3.42. The van der Waals surface area contributed by atoms with Gasteiger partial charge in [0.15, 0.2) is 5.75 Å². The third kappa shape index (κ3) is 2.37. The molecular formula is C11H10N2O5S. The maximum Gasteiger partial charge on any atom is 0.270 e. The Balaban J connectivity index is 2.16. The fraction of sp³-hybridized carbons (Fsp3) is 0.273. The quantitative estimate of drug-likeness (QED) is 0.651. The van der Waals surface area contributed by atoms with Crippen molar-refractivity contribution in [2.75, 3.05) is 0 Å². The fourth-order valence-corrected chi connectivity index (χ4v) is 2.53. The standard InChI is InChI=1S/C11H10N2O5S/c1-6-10(5-19(14,15)16)13-9-3-11-7(4-17-18-11)2-8(9)12-6/h2-3H,4-5H2,1H3,(H,14,15,16). The zero-order chi connectivity index (χ0) is 13.6. The highest BCUT2D eigenvalue weighted by Gasteiger charge is 2.18. The molecule has 7 nitrogen and oxygen atoms in total. The minimum Gasteiger partial charge on any atom is -0.337 e. The van der Waals surface area contributed by atoms with Crippen LogP contribution in [0, 0.1) is 6.92 Å². The van der Waals surface area contributed by atoms with Crippen molar-refractivity contribution in [3.63, 3.8) is 0 Å². The van der Waals surface area contributed by atoms with Crippen molar-refractivity contribution in [2.24, 2.45) is 0 Å². The second-order valence-electron chi connectivity index (χ2n) is 4.28. The highest BCUT2D eigenvalue weighted by Crippen LogP contribution is 2.30. The average Bonchev–Trinajstić information content (AvgIpc) is 2.72. The highest BCUT2D eigenvalue weighted by atomic mass is 32.2. The molecule has 19 heavy (non-hydrogen) atoms. The van der Waals surface area contributed by atoms with E-state index in [1.807, 2.05) is 0 Å². The first kappa shape index (κ1) is 12.3. The first-order valence-electron chi connectivity index (χ1n) is 5.47. The second kappa shape index (κ2) is 4.12. The van der Waals surface area contributed by atoms with Crippen molar-refractivity contribution in [2.45, 2.75) is 19.3 Å². The van der Waals surface area contributed by atoms with Crippen LogP contribution in [0.5, 0.6) is 5.75 Å². The molecule has 1 aliphatic rings. The lowest BCUT2D eigenvalue weighted by Crippen LogP contribution is -2.07. The van der Waals surface area contributed by atoms with E-state index in [1.54, 1.807) is 19.1 Å². The number of benzene rings is 1. The van der Waals surface area contributed by atoms with Gasteiger partial charge in [0.1, 0.15) is 12.4 Å². The van der Waals surface area contributed by atoms with Crippen molar-refractivity contribution in [3.8, 4) is 5.75 Å². The summed E-state index contributed by atoms with van der Waals surface area (Å²) in [6.07, 6.45) is 0. The van der Waals surface area contributed by atoms with Gasteiger partial charge in [-0.15, -0.1) is 0 Å². The number of rotatable bonds is 2. The van der Waals surface area contributed by atoms with Gasteiger partial charge in [-0.2, -0.15) is 13.3 Å². The van der Waals surface area contributed by atoms with E-state index in [1.165, 1.54) is 0 Å². The SMILES string of the molecule is Cc1nc2cc3c(cc2nc1CS(=O)(=O)O)OOC3. The van der Waals surface area contributed by atoms with Gasteiger partial charge in [0.2, 0.25) is 0 Å². The largest absolute Gasteiger partial charge is 0.337 e. The number of hydrogen-bond acceptors (Lipinski definition) is 6. The molecule has 0 fully saturated rings. The van der Waals surface area contributed by atoms with Gasteiger partial charge in [-0.1, -0.05) is 0 Å². The van der Waals surface area contributed by atoms with Gasteiger partial charge in [0, 0.05) is 11.6 Å². The van der Waals surface area contributed by atoms with E-state index in [2.05, 4.69) is 9.97 Å². The van der Waals surface area contributed by atoms with Crippen LogP contribution in [0.2, 0.25) is 0 Å². The van der Waals surface area contributed by atoms with Crippen LogP contribution in [-0.4, -0.2) is 22.9 Å². The predicted molar refractivity (Wildman–Crippen MR) is 64.9 cm³/mol. The van der Waals surface area contributed by atoms with Gasteiger partial charge < -0.3 is 4.89 Å². The van der Waals surface area contributed by atoms with Crippen LogP contribution in [0.4, 0.5) is 0 Å². The monoisotopic (exact) mass is 282 g/mol. The molecule has 1 aromatic heterocycles. The fourth-order valence-electron chi connectivity index (χ4n) is 1.91. The van der Waals surface area contributed by atoms with Crippen LogP contribution in [0.1, 0.15) is 17.0 Å². The van der Waals surface area contributed by atoms with E-state index < -0.39 is 15.9 Å². The molecule has 100 valence electrons. The molecule has 1 N–H and O–H groups in total. The number of aromatic nitrogens is 2. The molecule has 0 saturated heterocycles. The zero-order valence-corrected chi connectivity index (χ0v) is 10.8. The van der Waals surface area contributed by atoms with Crippen LogP contribution in [0.3, 0.4) is 0 Å². The highest BCUT2D eigenvalue weighted by molar-refractivity contribution is 7.85. The van der Waals surface area contributed by atoms with Crippen LogP contribution in [-0.2, 0) is 27.4 Å². The van der Waals surface area contributed by atoms with E-state index in [-0.39, 0.29) is 5.69 Å². The molecule has 1 aliphatic heterocycles. The summed E-state index contributed by atoms with van der Waals surface area (Å²) < 4.78 is 30.7. The van der Waals surface area contributed by atoms with Crippen LogP contribution in [0.15, 0.2) is 12.1 Å². The van der Waals surface area contributed by atoms with Crippen molar-refractivity contribution in [1.29, 1.82) is 0 Å². The van der Waals surface area contributed by atoms with Crippen LogP contribution >= 0.6 is 0 Å². The third-order valence-electron chi connectivity index (χ3n) is 2.80. The van der Waals surface area contributed by atoms with Crippen LogP contribution < -0.4 is 4.89 Å². The normalized spacial score (nSPS) is 14.4. The first-order chi connectivity index (χ1) is 8.92. The van der Waals surface area contributed by atoms with Crippen molar-refractivity contribution in [3.05, 3.63) is 29.1 Å². The summed E-state index contributed by atoms with van der Waals surface area (Å²) in [5, 5.41) is 0. The zero-order valence-electron chi connectivity index (χ0n) is 9.95. The molecule has 8 heteroatoms. The Bertz CT molecular complexity index is 772. The number of aryl methyl sites for hydroxylation is 1. The molecule has 0 saturated carbocycles. The van der Waals surface area contributed by atoms with Gasteiger partial charge in [-0.3, -0.25) is 4.55 Å². The lowest BCUT2D eigenvalue weighted by molar-refractivity contribution is -0.194. The van der Waals surface area contributed by atoms with E-state index in [4.69, 9.17) is 14.3 Å². The van der Waals surface area contributed by atoms with Gasteiger partial charge in [0.25, 0.3) is 10.1 Å². The molecule has 0 aliphatic carbocycles. The number of fused-ring (bicyclic) bond motifs is 2. The molecular weight excluding hydrogens is 272 g/mol. The Kier molecular flexibility index (Phi) is 2.66. The van der Waals surface area contributed by atoms with Gasteiger partial charge in [0.05, 0.1) is 22.4 Å². The molecule has 0 bridgehead atoms. The maximum absolute atomic E-state index is 10.9. The number of nitrogens with zero attached hydrogens (tertiary/aromatic N) is 2. The molecule has 1 aromatic carbocycles. The van der Waals surface area contributed by atoms with Gasteiger partial charge in [-0.05, 0) is 13.0 Å². The number of hydrogen-bond donors (Lipinski definition) is 1. The lowest BCUT2D eigenvalue weighted by atomic mass is 10.1. The van der Waals surface area contributed by atoms with Gasteiger partial charge in [-0.25, -0.2) is 9.97 Å². The van der Waals surface area contributed by atoms with Gasteiger partial charge >= 0.3 is 0 Å². The summed E-state index contributed by atoms with van der Waals surface area (Å²) in [5.41, 5.74) is 2.67. The topological polar surface area (TPSA) is 98.6 Å². The van der Waals surface area contributed by atoms with Crippen molar-refractivity contribution in [1.82, 2.24) is 9.97 Å². The summed E-state index contributed by atoms with van der Waals surface area (Å²) >= 11 is 0. The lowest BCUT2D eigenvalue weighted by Gasteiger charge is -2.06. The average molecular weight is 282 g/mol. The van der Waals surface area contributed by atoms with Crippen LogP contribution in [0.25, 0.3) is 11.0 Å². The first-order valence-corrected chi connectivity index (χ1v) is 7.08. The Morgan fingerprint density at radius 1 is 1.32 bits per heavy atom. The molecule has 0 unspecified atom stereocenters. The third-order valence-corrected chi connectivity index (χ3v) is 3.44. The molecule has 2 heterocycles. The Labute approximate surface area is 108 Å². The van der Waals surface area contributed by atoms with Crippen molar-refractivity contribution < 1.29 is 22.7 Å². The van der Waals surface area contributed by atoms with E-state index in [0.29, 0.717) is 29.1 Å². The maximum atomic E-state index is 10.9.